The number of imidazole rings is 1. The van der Waals surface area contributed by atoms with Crippen LogP contribution in [0.3, 0.4) is 0 Å². The van der Waals surface area contributed by atoms with E-state index in [9.17, 15) is 4.79 Å². The first-order chi connectivity index (χ1) is 11.2. The molecule has 1 atom stereocenters. The zero-order chi connectivity index (χ0) is 15.8. The van der Waals surface area contributed by atoms with Crippen molar-refractivity contribution < 1.29 is 4.79 Å². The minimum Gasteiger partial charge on any atom is -0.352 e. The molecule has 7 nitrogen and oxygen atoms in total. The van der Waals surface area contributed by atoms with Gasteiger partial charge in [0.1, 0.15) is 17.7 Å². The van der Waals surface area contributed by atoms with Crippen molar-refractivity contribution in [2.75, 3.05) is 11.4 Å². The van der Waals surface area contributed by atoms with Gasteiger partial charge in [-0.25, -0.2) is 9.97 Å². The molecule has 1 unspecified atom stereocenters. The van der Waals surface area contributed by atoms with Crippen molar-refractivity contribution in [1.82, 2.24) is 24.8 Å². The van der Waals surface area contributed by atoms with Crippen LogP contribution in [0.25, 0.3) is 5.82 Å². The molecule has 1 saturated heterocycles. The van der Waals surface area contributed by atoms with Crippen LogP contribution < -0.4 is 10.2 Å². The van der Waals surface area contributed by atoms with Gasteiger partial charge in [-0.15, -0.1) is 0 Å². The van der Waals surface area contributed by atoms with Gasteiger partial charge in [0.15, 0.2) is 5.82 Å². The number of hydrogen-bond donors (Lipinski definition) is 1. The molecule has 0 spiro atoms. The maximum Gasteiger partial charge on any atom is 0.242 e. The predicted molar refractivity (Wildman–Crippen MR) is 85.4 cm³/mol. The Morgan fingerprint density at radius 3 is 2.83 bits per heavy atom. The zero-order valence-corrected chi connectivity index (χ0v) is 13.1. The van der Waals surface area contributed by atoms with Gasteiger partial charge in [-0.3, -0.25) is 14.3 Å². The number of carbonyl (C=O) groups excluding carboxylic acids is 1. The molecule has 120 valence electrons. The van der Waals surface area contributed by atoms with Crippen molar-refractivity contribution in [2.24, 2.45) is 0 Å². The highest BCUT2D eigenvalue weighted by atomic mass is 16.2. The molecule has 7 heteroatoms. The van der Waals surface area contributed by atoms with E-state index in [1.807, 2.05) is 17.7 Å². The molecule has 0 bridgehead atoms. The molecule has 0 radical (unpaired) electrons. The van der Waals surface area contributed by atoms with E-state index < -0.39 is 0 Å². The van der Waals surface area contributed by atoms with Gasteiger partial charge in [0, 0.05) is 25.0 Å². The second kappa shape index (κ2) is 5.64. The second-order valence-corrected chi connectivity index (χ2v) is 6.21. The third kappa shape index (κ3) is 2.78. The van der Waals surface area contributed by atoms with Gasteiger partial charge in [-0.05, 0) is 32.6 Å². The molecular weight excluding hydrogens is 292 g/mol. The number of hydrogen-bond acceptors (Lipinski definition) is 5. The molecule has 2 aromatic rings. The number of aromatic nitrogens is 4. The van der Waals surface area contributed by atoms with Gasteiger partial charge in [-0.1, -0.05) is 0 Å². The normalized spacial score (nSPS) is 20.7. The van der Waals surface area contributed by atoms with Crippen LogP contribution in [0.2, 0.25) is 0 Å². The van der Waals surface area contributed by atoms with Gasteiger partial charge in [0.05, 0.1) is 12.4 Å². The second-order valence-electron chi connectivity index (χ2n) is 6.21. The topological polar surface area (TPSA) is 75.9 Å². The molecule has 4 rings (SSSR count). The highest BCUT2D eigenvalue weighted by molar-refractivity contribution is 5.86. The predicted octanol–water partition coefficient (Wildman–Crippen LogP) is 1.22. The van der Waals surface area contributed by atoms with Crippen LogP contribution in [0.1, 0.15) is 31.5 Å². The fraction of sp³-hybridized carbons (Fsp3) is 0.500. The summed E-state index contributed by atoms with van der Waals surface area (Å²) in [4.78, 5) is 27.7. The number of amides is 1. The van der Waals surface area contributed by atoms with Crippen LogP contribution >= 0.6 is 0 Å². The Kier molecular flexibility index (Phi) is 3.48. The number of carbonyl (C=O) groups is 1. The summed E-state index contributed by atoms with van der Waals surface area (Å²) in [6.07, 6.45) is 11.1. The molecule has 2 aromatic heterocycles. The molecule has 1 aliphatic heterocycles. The van der Waals surface area contributed by atoms with E-state index in [1.54, 1.807) is 18.6 Å². The van der Waals surface area contributed by atoms with E-state index in [0.29, 0.717) is 6.04 Å². The molecule has 1 amide bonds. The Bertz CT molecular complexity index is 723. The smallest absolute Gasteiger partial charge is 0.242 e. The first-order valence-electron chi connectivity index (χ1n) is 8.12. The van der Waals surface area contributed by atoms with Crippen molar-refractivity contribution in [2.45, 2.75) is 44.7 Å². The lowest BCUT2D eigenvalue weighted by Gasteiger charge is -2.25. The Balaban J connectivity index is 1.59. The summed E-state index contributed by atoms with van der Waals surface area (Å²) in [6, 6.07) is 0.250. The van der Waals surface area contributed by atoms with E-state index in [4.69, 9.17) is 4.98 Å². The molecular formula is C16H20N6O. The van der Waals surface area contributed by atoms with Crippen molar-refractivity contribution in [3.05, 3.63) is 30.6 Å². The van der Waals surface area contributed by atoms with Crippen molar-refractivity contribution in [1.29, 1.82) is 0 Å². The zero-order valence-electron chi connectivity index (χ0n) is 13.1. The Morgan fingerprint density at radius 2 is 2.09 bits per heavy atom. The average Bonchev–Trinajstić information content (AvgIpc) is 3.07. The van der Waals surface area contributed by atoms with Gasteiger partial charge >= 0.3 is 0 Å². The Labute approximate surface area is 134 Å². The van der Waals surface area contributed by atoms with E-state index in [0.717, 1.165) is 49.7 Å². The Hall–Kier alpha value is -2.44. The fourth-order valence-electron chi connectivity index (χ4n) is 3.06. The number of anilines is 1. The summed E-state index contributed by atoms with van der Waals surface area (Å²) < 4.78 is 1.89. The maximum absolute atomic E-state index is 12.4. The van der Waals surface area contributed by atoms with Crippen molar-refractivity contribution in [3.8, 4) is 5.82 Å². The van der Waals surface area contributed by atoms with Gasteiger partial charge in [0.25, 0.3) is 0 Å². The van der Waals surface area contributed by atoms with Gasteiger partial charge < -0.3 is 10.2 Å². The number of rotatable bonds is 4. The first-order valence-corrected chi connectivity index (χ1v) is 8.12. The lowest BCUT2D eigenvalue weighted by molar-refractivity contribution is -0.122. The van der Waals surface area contributed by atoms with Crippen LogP contribution in [0, 0.1) is 6.92 Å². The molecule has 1 N–H and O–H groups in total. The largest absolute Gasteiger partial charge is 0.352 e. The highest BCUT2D eigenvalue weighted by Gasteiger charge is 2.34. The highest BCUT2D eigenvalue weighted by Crippen LogP contribution is 2.26. The summed E-state index contributed by atoms with van der Waals surface area (Å²) in [7, 11) is 0. The van der Waals surface area contributed by atoms with Crippen LogP contribution in [0.5, 0.6) is 0 Å². The minimum atomic E-state index is -0.135. The number of nitrogens with one attached hydrogen (secondary N) is 1. The van der Waals surface area contributed by atoms with E-state index in [2.05, 4.69) is 20.2 Å². The quantitative estimate of drug-likeness (QED) is 0.918. The Morgan fingerprint density at radius 1 is 1.26 bits per heavy atom. The summed E-state index contributed by atoms with van der Waals surface area (Å²) in [5.41, 5.74) is 0. The molecule has 1 aliphatic carbocycles. The van der Waals surface area contributed by atoms with Crippen LogP contribution in [0.4, 0.5) is 5.82 Å². The van der Waals surface area contributed by atoms with E-state index in [1.165, 1.54) is 0 Å². The third-order valence-electron chi connectivity index (χ3n) is 4.46. The summed E-state index contributed by atoms with van der Waals surface area (Å²) in [5, 5.41) is 3.10. The molecule has 0 aromatic carbocycles. The lowest BCUT2D eigenvalue weighted by Crippen LogP contribution is -2.44. The third-order valence-corrected chi connectivity index (χ3v) is 4.46. The van der Waals surface area contributed by atoms with Gasteiger partial charge in [0.2, 0.25) is 5.91 Å². The number of aryl methyl sites for hydroxylation is 1. The maximum atomic E-state index is 12.4. The van der Waals surface area contributed by atoms with Crippen LogP contribution in [-0.2, 0) is 4.79 Å². The minimum absolute atomic E-state index is 0.121. The molecule has 1 saturated carbocycles. The average molecular weight is 312 g/mol. The van der Waals surface area contributed by atoms with Crippen molar-refractivity contribution >= 4 is 11.7 Å². The van der Waals surface area contributed by atoms with Crippen LogP contribution in [-0.4, -0.2) is 44.1 Å². The molecule has 3 heterocycles. The SMILES string of the molecule is Cc1nccn1-c1cncc(N2CCCC2C(=O)NC2CC2)n1. The summed E-state index contributed by atoms with van der Waals surface area (Å²) in [5.74, 6) is 2.46. The van der Waals surface area contributed by atoms with E-state index in [-0.39, 0.29) is 11.9 Å². The van der Waals surface area contributed by atoms with E-state index >= 15 is 0 Å². The summed E-state index contributed by atoms with van der Waals surface area (Å²) >= 11 is 0. The molecule has 2 aliphatic rings. The van der Waals surface area contributed by atoms with Gasteiger partial charge in [-0.2, -0.15) is 0 Å². The standard InChI is InChI=1S/C16H20N6O/c1-11-18-6-8-21(11)14-9-17-10-15(20-14)22-7-2-3-13(22)16(23)19-12-4-5-12/h6,8-10,12-13H,2-5,7H2,1H3,(H,19,23). The first kappa shape index (κ1) is 14.2. The molecule has 2 fully saturated rings. The lowest BCUT2D eigenvalue weighted by atomic mass is 10.2. The fourth-order valence-corrected chi connectivity index (χ4v) is 3.06. The monoisotopic (exact) mass is 312 g/mol. The van der Waals surface area contributed by atoms with Crippen molar-refractivity contribution in [3.63, 3.8) is 0 Å². The summed E-state index contributed by atoms with van der Waals surface area (Å²) in [6.45, 7) is 2.76. The van der Waals surface area contributed by atoms with Crippen LogP contribution in [0.15, 0.2) is 24.8 Å². The molecule has 23 heavy (non-hydrogen) atoms. The number of nitrogens with zero attached hydrogens (tertiary/aromatic N) is 5.